The lowest BCUT2D eigenvalue weighted by molar-refractivity contribution is -0.00431. The third kappa shape index (κ3) is 10.8. The first-order chi connectivity index (χ1) is 12.6. The van der Waals surface area contributed by atoms with Crippen molar-refractivity contribution in [3.05, 3.63) is 29.8 Å². The molecule has 0 aromatic heterocycles. The van der Waals surface area contributed by atoms with Crippen LogP contribution in [-0.2, 0) is 33.2 Å². The van der Waals surface area contributed by atoms with Crippen LogP contribution in [0.3, 0.4) is 0 Å². The Labute approximate surface area is 156 Å². The molecule has 0 unspecified atom stereocenters. The van der Waals surface area contributed by atoms with E-state index in [0.717, 1.165) is 18.6 Å². The molecule has 7 nitrogen and oxygen atoms in total. The third-order valence-corrected chi connectivity index (χ3v) is 4.57. The summed E-state index contributed by atoms with van der Waals surface area (Å²) in [5.41, 5.74) is 0.988. The molecule has 1 aromatic carbocycles. The number of aryl methyl sites for hydroxylation is 1. The van der Waals surface area contributed by atoms with E-state index in [-0.39, 0.29) is 18.1 Å². The Kier molecular flexibility index (Phi) is 12.5. The Bertz CT molecular complexity index is 557. The minimum absolute atomic E-state index is 0.0307. The van der Waals surface area contributed by atoms with E-state index in [1.54, 1.807) is 12.1 Å². The van der Waals surface area contributed by atoms with Crippen molar-refractivity contribution in [2.75, 3.05) is 59.5 Å². The fraction of sp³-hybridized carbons (Fsp3) is 0.667. The molecule has 150 valence electrons. The molecule has 0 aliphatic carbocycles. The summed E-state index contributed by atoms with van der Waals surface area (Å²) in [5, 5.41) is 0. The molecule has 0 fully saturated rings. The molecule has 1 rings (SSSR count). The van der Waals surface area contributed by atoms with Crippen LogP contribution >= 0.6 is 0 Å². The van der Waals surface area contributed by atoms with Crippen molar-refractivity contribution in [2.45, 2.75) is 25.2 Å². The van der Waals surface area contributed by atoms with Gasteiger partial charge in [-0.15, -0.1) is 0 Å². The van der Waals surface area contributed by atoms with Gasteiger partial charge in [-0.3, -0.25) is 4.18 Å². The van der Waals surface area contributed by atoms with Gasteiger partial charge in [0.05, 0.1) is 57.8 Å². The fourth-order valence-electron chi connectivity index (χ4n) is 1.88. The van der Waals surface area contributed by atoms with E-state index in [1.807, 2.05) is 6.92 Å². The Morgan fingerprint density at radius 3 is 1.58 bits per heavy atom. The first-order valence-corrected chi connectivity index (χ1v) is 10.2. The van der Waals surface area contributed by atoms with Gasteiger partial charge in [0.2, 0.25) is 0 Å². The van der Waals surface area contributed by atoms with Crippen LogP contribution < -0.4 is 0 Å². The second-order valence-electron chi connectivity index (χ2n) is 5.54. The van der Waals surface area contributed by atoms with E-state index < -0.39 is 10.1 Å². The summed E-state index contributed by atoms with van der Waals surface area (Å²) in [5.74, 6) is 0. The Morgan fingerprint density at radius 2 is 1.12 bits per heavy atom. The molecule has 0 saturated heterocycles. The second kappa shape index (κ2) is 14.1. The topological polar surface area (TPSA) is 80.3 Å². The van der Waals surface area contributed by atoms with E-state index in [4.69, 9.17) is 23.1 Å². The molecule has 8 heteroatoms. The highest BCUT2D eigenvalue weighted by Gasteiger charge is 2.14. The van der Waals surface area contributed by atoms with Crippen molar-refractivity contribution in [3.8, 4) is 0 Å². The van der Waals surface area contributed by atoms with Crippen LogP contribution in [0.5, 0.6) is 0 Å². The Balaban J connectivity index is 1.94. The van der Waals surface area contributed by atoms with Crippen molar-refractivity contribution < 1.29 is 31.5 Å². The van der Waals surface area contributed by atoms with Crippen LogP contribution in [0.4, 0.5) is 0 Å². The standard InChI is InChI=1S/C18H30O7S/c1-3-8-21-9-10-22-11-12-23-13-14-24-15-16-25-26(19,20)18-6-4-17(2)5-7-18/h4-7H,3,8-16H2,1-2H3. The predicted molar refractivity (Wildman–Crippen MR) is 97.9 cm³/mol. The summed E-state index contributed by atoms with van der Waals surface area (Å²) >= 11 is 0. The van der Waals surface area contributed by atoms with Gasteiger partial charge in [0.25, 0.3) is 10.1 Å². The predicted octanol–water partition coefficient (Wildman–Crippen LogP) is 2.18. The van der Waals surface area contributed by atoms with E-state index in [2.05, 4.69) is 6.92 Å². The van der Waals surface area contributed by atoms with Crippen LogP contribution in [0.2, 0.25) is 0 Å². The van der Waals surface area contributed by atoms with Crippen molar-refractivity contribution in [3.63, 3.8) is 0 Å². The van der Waals surface area contributed by atoms with Gasteiger partial charge in [-0.1, -0.05) is 24.6 Å². The van der Waals surface area contributed by atoms with E-state index in [1.165, 1.54) is 12.1 Å². The van der Waals surface area contributed by atoms with Crippen LogP contribution in [0.15, 0.2) is 29.2 Å². The summed E-state index contributed by atoms with van der Waals surface area (Å²) in [7, 11) is -3.73. The quantitative estimate of drug-likeness (QED) is 0.316. The fourth-order valence-corrected chi connectivity index (χ4v) is 2.77. The molecule has 0 N–H and O–H groups in total. The highest BCUT2D eigenvalue weighted by Crippen LogP contribution is 2.12. The maximum Gasteiger partial charge on any atom is 0.297 e. The molecule has 26 heavy (non-hydrogen) atoms. The maximum atomic E-state index is 11.9. The van der Waals surface area contributed by atoms with Gasteiger partial charge in [0.1, 0.15) is 0 Å². The van der Waals surface area contributed by atoms with Gasteiger partial charge >= 0.3 is 0 Å². The lowest BCUT2D eigenvalue weighted by Crippen LogP contribution is -2.15. The molecule has 0 spiro atoms. The summed E-state index contributed by atoms with van der Waals surface area (Å²) in [6, 6.07) is 6.51. The van der Waals surface area contributed by atoms with Crippen molar-refractivity contribution in [1.82, 2.24) is 0 Å². The van der Waals surface area contributed by atoms with Crippen LogP contribution in [0.25, 0.3) is 0 Å². The molecule has 0 bridgehead atoms. The SMILES string of the molecule is CCCOCCOCCOCCOCCOS(=O)(=O)c1ccc(C)cc1. The minimum Gasteiger partial charge on any atom is -0.379 e. The van der Waals surface area contributed by atoms with Crippen LogP contribution in [0.1, 0.15) is 18.9 Å². The zero-order chi connectivity index (χ0) is 19.1. The van der Waals surface area contributed by atoms with Gasteiger partial charge in [0.15, 0.2) is 0 Å². The molecular weight excluding hydrogens is 360 g/mol. The summed E-state index contributed by atoms with van der Waals surface area (Å²) in [6.45, 7) is 7.79. The van der Waals surface area contributed by atoms with E-state index >= 15 is 0 Å². The average Bonchev–Trinajstić information content (AvgIpc) is 2.62. The highest BCUT2D eigenvalue weighted by molar-refractivity contribution is 7.86. The number of benzene rings is 1. The number of hydrogen-bond acceptors (Lipinski definition) is 7. The van der Waals surface area contributed by atoms with Gasteiger partial charge in [-0.2, -0.15) is 8.42 Å². The summed E-state index contributed by atoms with van der Waals surface area (Å²) in [6.07, 6.45) is 1.01. The van der Waals surface area contributed by atoms with Crippen molar-refractivity contribution in [1.29, 1.82) is 0 Å². The first kappa shape index (κ1) is 23.0. The maximum absolute atomic E-state index is 11.9. The van der Waals surface area contributed by atoms with Gasteiger partial charge in [0, 0.05) is 6.61 Å². The molecule has 0 saturated carbocycles. The first-order valence-electron chi connectivity index (χ1n) is 8.83. The van der Waals surface area contributed by atoms with Crippen LogP contribution in [-0.4, -0.2) is 67.9 Å². The zero-order valence-electron chi connectivity index (χ0n) is 15.6. The average molecular weight is 390 g/mol. The lowest BCUT2D eigenvalue weighted by atomic mass is 10.2. The van der Waals surface area contributed by atoms with Gasteiger partial charge < -0.3 is 18.9 Å². The second-order valence-corrected chi connectivity index (χ2v) is 7.15. The number of hydrogen-bond donors (Lipinski definition) is 0. The van der Waals surface area contributed by atoms with Crippen molar-refractivity contribution in [2.24, 2.45) is 0 Å². The molecular formula is C18H30O7S. The molecule has 0 heterocycles. The van der Waals surface area contributed by atoms with Gasteiger partial charge in [-0.05, 0) is 25.5 Å². The van der Waals surface area contributed by atoms with Crippen molar-refractivity contribution >= 4 is 10.1 Å². The minimum atomic E-state index is -3.73. The normalized spacial score (nSPS) is 11.8. The third-order valence-electron chi connectivity index (χ3n) is 3.24. The number of rotatable bonds is 16. The Morgan fingerprint density at radius 1 is 0.692 bits per heavy atom. The van der Waals surface area contributed by atoms with E-state index in [0.29, 0.717) is 39.6 Å². The molecule has 1 aromatic rings. The molecule has 0 amide bonds. The Hall–Kier alpha value is -1.03. The monoisotopic (exact) mass is 390 g/mol. The highest BCUT2D eigenvalue weighted by atomic mass is 32.2. The van der Waals surface area contributed by atoms with E-state index in [9.17, 15) is 8.42 Å². The molecule has 0 radical (unpaired) electrons. The number of ether oxygens (including phenoxy) is 4. The molecule has 0 aliphatic rings. The smallest absolute Gasteiger partial charge is 0.297 e. The summed E-state index contributed by atoms with van der Waals surface area (Å²) < 4.78 is 50.0. The lowest BCUT2D eigenvalue weighted by Gasteiger charge is -2.08. The molecule has 0 atom stereocenters. The molecule has 0 aliphatic heterocycles. The summed E-state index contributed by atoms with van der Waals surface area (Å²) in [4.78, 5) is 0.145. The zero-order valence-corrected chi connectivity index (χ0v) is 16.5. The largest absolute Gasteiger partial charge is 0.379 e. The van der Waals surface area contributed by atoms with Crippen LogP contribution in [0, 0.1) is 6.92 Å². The van der Waals surface area contributed by atoms with Gasteiger partial charge in [-0.25, -0.2) is 0 Å².